The van der Waals surface area contributed by atoms with Crippen molar-refractivity contribution in [1.82, 2.24) is 20.3 Å². The highest BCUT2D eigenvalue weighted by molar-refractivity contribution is 7.08. The van der Waals surface area contributed by atoms with Gasteiger partial charge in [-0.05, 0) is 46.9 Å². The van der Waals surface area contributed by atoms with Crippen LogP contribution in [0, 0.1) is 0 Å². The molecule has 1 aromatic carbocycles. The highest BCUT2D eigenvalue weighted by Crippen LogP contribution is 2.42. The van der Waals surface area contributed by atoms with E-state index in [2.05, 4.69) is 16.4 Å². The lowest BCUT2D eigenvalue weighted by Gasteiger charge is -2.47. The lowest BCUT2D eigenvalue weighted by Crippen LogP contribution is -2.63. The van der Waals surface area contributed by atoms with Crippen LogP contribution in [0.3, 0.4) is 0 Å². The van der Waals surface area contributed by atoms with E-state index in [0.717, 1.165) is 47.0 Å². The van der Waals surface area contributed by atoms with Crippen molar-refractivity contribution in [3.8, 4) is 0 Å². The van der Waals surface area contributed by atoms with Crippen LogP contribution in [0.5, 0.6) is 0 Å². The van der Waals surface area contributed by atoms with Crippen LogP contribution in [0.2, 0.25) is 0 Å². The number of amides is 3. The number of H-pyrrole nitrogens is 1. The molecule has 0 aliphatic carbocycles. The Morgan fingerprint density at radius 3 is 2.76 bits per heavy atom. The average Bonchev–Trinajstić information content (AvgIpc) is 3.51. The molecule has 34 heavy (non-hydrogen) atoms. The smallest absolute Gasteiger partial charge is 0.246 e. The monoisotopic (exact) mass is 480 g/mol. The van der Waals surface area contributed by atoms with Crippen molar-refractivity contribution in [2.75, 3.05) is 13.1 Å². The third-order valence-corrected chi connectivity index (χ3v) is 7.61. The van der Waals surface area contributed by atoms with Crippen LogP contribution in [0.25, 0.3) is 10.9 Å². The number of carbonyl (C=O) groups excluding carboxylic acids is 3. The van der Waals surface area contributed by atoms with Crippen LogP contribution in [0.15, 0.2) is 41.1 Å². The fraction of sp³-hybridized carbons (Fsp3) is 0.400. The Morgan fingerprint density at radius 1 is 1.15 bits per heavy atom. The molecule has 0 spiro atoms. The van der Waals surface area contributed by atoms with Gasteiger partial charge in [0.2, 0.25) is 17.7 Å². The molecular weight excluding hydrogens is 452 g/mol. The van der Waals surface area contributed by atoms with Gasteiger partial charge in [0.15, 0.2) is 0 Å². The number of aromatic nitrogens is 1. The third-order valence-electron chi connectivity index (χ3n) is 6.91. The highest BCUT2D eigenvalue weighted by Gasteiger charge is 2.48. The van der Waals surface area contributed by atoms with Crippen molar-refractivity contribution in [2.45, 2.75) is 50.6 Å². The minimum atomic E-state index is -0.508. The number of piperazine rings is 1. The van der Waals surface area contributed by atoms with Gasteiger partial charge in [-0.15, -0.1) is 0 Å². The van der Waals surface area contributed by atoms with E-state index < -0.39 is 6.04 Å². The first kappa shape index (κ1) is 22.6. The van der Waals surface area contributed by atoms with Gasteiger partial charge in [-0.1, -0.05) is 31.0 Å². The number of benzene rings is 1. The summed E-state index contributed by atoms with van der Waals surface area (Å²) in [6, 6.07) is 9.36. The van der Waals surface area contributed by atoms with E-state index in [1.807, 2.05) is 29.6 Å². The van der Waals surface area contributed by atoms with Crippen LogP contribution in [-0.4, -0.2) is 56.8 Å². The summed E-state index contributed by atoms with van der Waals surface area (Å²) in [5, 5.41) is 13.7. The molecule has 3 amide bonds. The summed E-state index contributed by atoms with van der Waals surface area (Å²) in [7, 11) is 0. The van der Waals surface area contributed by atoms with Crippen molar-refractivity contribution < 1.29 is 19.6 Å². The second-order valence-corrected chi connectivity index (χ2v) is 9.78. The molecule has 0 radical (unpaired) electrons. The molecule has 5 rings (SSSR count). The first-order valence-electron chi connectivity index (χ1n) is 11.7. The number of unbranched alkanes of at least 4 members (excludes halogenated alkanes) is 3. The Labute approximate surface area is 201 Å². The zero-order chi connectivity index (χ0) is 23.7. The summed E-state index contributed by atoms with van der Waals surface area (Å²) in [5.74, 6) is -0.397. The van der Waals surface area contributed by atoms with E-state index in [1.54, 1.807) is 26.6 Å². The number of rotatable bonds is 8. The van der Waals surface area contributed by atoms with Crippen molar-refractivity contribution in [3.05, 3.63) is 57.9 Å². The minimum Gasteiger partial charge on any atom is -0.356 e. The quantitative estimate of drug-likeness (QED) is 0.261. The van der Waals surface area contributed by atoms with Gasteiger partial charge in [0.05, 0.1) is 12.6 Å². The van der Waals surface area contributed by atoms with Crippen LogP contribution in [0.4, 0.5) is 0 Å². The number of thiophene rings is 1. The standard InChI is InChI=1S/C25H28N4O4S/c30-21(27-33)9-3-1-2-6-11-28-14-22(31)29-20(25(28)32)13-18-17-7-4-5-8-19(17)26-23(18)24(29)16-10-12-34-15-16/h4-5,7-8,10,12,15,20,24,26,33H,1-3,6,9,11,13-14H2,(H,27,30)/t20-,24-/m0/s1. The first-order valence-corrected chi connectivity index (χ1v) is 12.7. The molecule has 9 heteroatoms. The number of hydroxylamine groups is 1. The SMILES string of the molecule is O=C(CCCCCCN1CC(=O)N2[C@@H](c3ccsc3)c3[nH]c4ccccc4c3C[C@H]2C1=O)NO. The molecule has 2 aliphatic rings. The van der Waals surface area contributed by atoms with Gasteiger partial charge in [-0.3, -0.25) is 19.6 Å². The average molecular weight is 481 g/mol. The molecular formula is C25H28N4O4S. The third kappa shape index (κ3) is 4.10. The number of hydrogen-bond donors (Lipinski definition) is 3. The van der Waals surface area contributed by atoms with E-state index in [0.29, 0.717) is 19.4 Å². The largest absolute Gasteiger partial charge is 0.356 e. The maximum atomic E-state index is 13.6. The Bertz CT molecular complexity index is 1200. The summed E-state index contributed by atoms with van der Waals surface area (Å²) < 4.78 is 0. The predicted octanol–water partition coefficient (Wildman–Crippen LogP) is 3.37. The maximum absolute atomic E-state index is 13.6. The number of hydrogen-bond acceptors (Lipinski definition) is 5. The molecule has 2 aromatic heterocycles. The molecule has 0 saturated carbocycles. The molecule has 0 bridgehead atoms. The number of fused-ring (bicyclic) bond motifs is 4. The number of para-hydroxylation sites is 1. The molecule has 0 unspecified atom stereocenters. The summed E-state index contributed by atoms with van der Waals surface area (Å²) >= 11 is 1.59. The molecule has 3 N–H and O–H groups in total. The van der Waals surface area contributed by atoms with E-state index in [4.69, 9.17) is 5.21 Å². The van der Waals surface area contributed by atoms with E-state index in [9.17, 15) is 14.4 Å². The van der Waals surface area contributed by atoms with Crippen molar-refractivity contribution >= 4 is 40.0 Å². The van der Waals surface area contributed by atoms with Crippen LogP contribution in [-0.2, 0) is 20.8 Å². The number of nitrogens with one attached hydrogen (secondary N) is 2. The van der Waals surface area contributed by atoms with Gasteiger partial charge >= 0.3 is 0 Å². The molecule has 8 nitrogen and oxygen atoms in total. The van der Waals surface area contributed by atoms with Crippen molar-refractivity contribution in [3.63, 3.8) is 0 Å². The fourth-order valence-corrected chi connectivity index (χ4v) is 5.97. The fourth-order valence-electron chi connectivity index (χ4n) is 5.29. The van der Waals surface area contributed by atoms with Gasteiger partial charge < -0.3 is 14.8 Å². The van der Waals surface area contributed by atoms with Gasteiger partial charge in [0, 0.05) is 36.0 Å². The predicted molar refractivity (Wildman–Crippen MR) is 128 cm³/mol. The highest BCUT2D eigenvalue weighted by atomic mass is 32.1. The molecule has 2 aliphatic heterocycles. The lowest BCUT2D eigenvalue weighted by atomic mass is 9.87. The molecule has 1 saturated heterocycles. The van der Waals surface area contributed by atoms with E-state index in [1.165, 1.54) is 0 Å². The van der Waals surface area contributed by atoms with Gasteiger partial charge in [0.1, 0.15) is 6.04 Å². The molecule has 4 heterocycles. The van der Waals surface area contributed by atoms with Crippen molar-refractivity contribution in [1.29, 1.82) is 0 Å². The van der Waals surface area contributed by atoms with E-state index in [-0.39, 0.29) is 36.7 Å². The van der Waals surface area contributed by atoms with Gasteiger partial charge in [0.25, 0.3) is 0 Å². The van der Waals surface area contributed by atoms with Gasteiger partial charge in [-0.25, -0.2) is 5.48 Å². The second-order valence-electron chi connectivity index (χ2n) is 9.00. The molecule has 2 atom stereocenters. The topological polar surface area (TPSA) is 106 Å². The summed E-state index contributed by atoms with van der Waals surface area (Å²) in [6.07, 6.45) is 3.94. The lowest BCUT2D eigenvalue weighted by molar-refractivity contribution is -0.158. The summed E-state index contributed by atoms with van der Waals surface area (Å²) in [6.45, 7) is 0.628. The van der Waals surface area contributed by atoms with Crippen molar-refractivity contribution in [2.24, 2.45) is 0 Å². The molecule has 3 aromatic rings. The normalized spacial score (nSPS) is 19.9. The first-order chi connectivity index (χ1) is 16.6. The maximum Gasteiger partial charge on any atom is 0.246 e. The number of carbonyl (C=O) groups is 3. The number of aromatic amines is 1. The Hall–Kier alpha value is -3.17. The summed E-state index contributed by atoms with van der Waals surface area (Å²) in [5.41, 5.74) is 5.83. The van der Waals surface area contributed by atoms with Gasteiger partial charge in [-0.2, -0.15) is 11.3 Å². The second kappa shape index (κ2) is 9.60. The van der Waals surface area contributed by atoms with E-state index >= 15 is 0 Å². The number of nitrogens with zero attached hydrogens (tertiary/aromatic N) is 2. The zero-order valence-corrected chi connectivity index (χ0v) is 19.6. The zero-order valence-electron chi connectivity index (χ0n) is 18.8. The molecule has 1 fully saturated rings. The van der Waals surface area contributed by atoms with Crippen LogP contribution in [0.1, 0.15) is 55.0 Å². The Morgan fingerprint density at radius 2 is 1.97 bits per heavy atom. The molecule has 178 valence electrons. The minimum absolute atomic E-state index is 0.00965. The van der Waals surface area contributed by atoms with Crippen LogP contribution >= 0.6 is 11.3 Å². The Kier molecular flexibility index (Phi) is 6.38. The van der Waals surface area contributed by atoms with Crippen LogP contribution < -0.4 is 5.48 Å². The summed E-state index contributed by atoms with van der Waals surface area (Å²) in [4.78, 5) is 45.1. The Balaban J connectivity index is 1.35.